The molecule has 0 atom stereocenters. The zero-order chi connectivity index (χ0) is 18.6. The maximum Gasteiger partial charge on any atom is 0.252 e. The van der Waals surface area contributed by atoms with Crippen molar-refractivity contribution in [2.24, 2.45) is 0 Å². The molecule has 0 radical (unpaired) electrons. The Kier molecular flexibility index (Phi) is 4.86. The van der Waals surface area contributed by atoms with Gasteiger partial charge >= 0.3 is 0 Å². The van der Waals surface area contributed by atoms with E-state index in [1.165, 1.54) is 16.7 Å². The summed E-state index contributed by atoms with van der Waals surface area (Å²) in [7, 11) is 2.05. The number of H-pyrrole nitrogens is 1. The number of fused-ring (bicyclic) bond motifs is 1. The number of nitrogens with zero attached hydrogens (tertiary/aromatic N) is 1. The Balaban J connectivity index is 1.58. The summed E-state index contributed by atoms with van der Waals surface area (Å²) < 4.78 is 0. The number of aromatic amines is 1. The summed E-state index contributed by atoms with van der Waals surface area (Å²) in [6.07, 6.45) is 0. The molecule has 0 fully saturated rings. The molecule has 3 aromatic carbocycles. The Labute approximate surface area is 158 Å². The van der Waals surface area contributed by atoms with Crippen molar-refractivity contribution in [3.05, 3.63) is 106 Å². The van der Waals surface area contributed by atoms with Gasteiger partial charge in [0, 0.05) is 24.2 Å². The Morgan fingerprint density at radius 3 is 2.30 bits per heavy atom. The molecule has 0 unspecified atom stereocenters. The quantitative estimate of drug-likeness (QED) is 0.557. The van der Waals surface area contributed by atoms with Gasteiger partial charge in [-0.15, -0.1) is 0 Å². The molecule has 27 heavy (non-hydrogen) atoms. The summed E-state index contributed by atoms with van der Waals surface area (Å²) in [4.78, 5) is 17.6. The molecule has 4 rings (SSSR count). The van der Waals surface area contributed by atoms with Crippen LogP contribution in [0.2, 0.25) is 0 Å². The largest absolute Gasteiger partial charge is 0.322 e. The summed E-state index contributed by atoms with van der Waals surface area (Å²) in [6.45, 7) is 1.38. The highest BCUT2D eigenvalue weighted by molar-refractivity contribution is 5.78. The second-order valence-electron chi connectivity index (χ2n) is 6.91. The van der Waals surface area contributed by atoms with Crippen molar-refractivity contribution in [3.63, 3.8) is 0 Å². The van der Waals surface area contributed by atoms with Crippen molar-refractivity contribution in [3.8, 4) is 11.1 Å². The van der Waals surface area contributed by atoms with Gasteiger partial charge in [0.05, 0.1) is 0 Å². The van der Waals surface area contributed by atoms with Gasteiger partial charge in [-0.3, -0.25) is 9.69 Å². The van der Waals surface area contributed by atoms with Crippen LogP contribution >= 0.6 is 0 Å². The Bertz CT molecular complexity index is 1120. The molecule has 3 heteroatoms. The van der Waals surface area contributed by atoms with Crippen LogP contribution in [-0.2, 0) is 13.1 Å². The second-order valence-corrected chi connectivity index (χ2v) is 6.91. The molecule has 0 aliphatic carbocycles. The first kappa shape index (κ1) is 17.3. The molecule has 0 bridgehead atoms. The molecule has 0 saturated carbocycles. The van der Waals surface area contributed by atoms with Crippen LogP contribution in [0.4, 0.5) is 0 Å². The monoisotopic (exact) mass is 354 g/mol. The molecule has 0 spiro atoms. The Hall–Kier alpha value is -3.17. The van der Waals surface area contributed by atoms with Crippen LogP contribution in [0.5, 0.6) is 0 Å². The molecule has 3 nitrogen and oxygen atoms in total. The molecular weight excluding hydrogens is 332 g/mol. The topological polar surface area (TPSA) is 36.1 Å². The van der Waals surface area contributed by atoms with Crippen LogP contribution in [0, 0.1) is 0 Å². The standard InChI is InChI=1S/C24H22N2O/c1-26(17-21-15-19-11-6-8-14-23(19)25-24(21)27)16-20-12-5-7-13-22(20)18-9-3-2-4-10-18/h2-15H,16-17H2,1H3,(H,25,27). The predicted molar refractivity (Wildman–Crippen MR) is 112 cm³/mol. The smallest absolute Gasteiger partial charge is 0.252 e. The van der Waals surface area contributed by atoms with E-state index in [0.717, 1.165) is 23.0 Å². The summed E-state index contributed by atoms with van der Waals surface area (Å²) in [6, 6.07) is 28.7. The van der Waals surface area contributed by atoms with E-state index in [4.69, 9.17) is 0 Å². The van der Waals surface area contributed by atoms with E-state index in [9.17, 15) is 4.79 Å². The zero-order valence-electron chi connectivity index (χ0n) is 15.4. The highest BCUT2D eigenvalue weighted by atomic mass is 16.1. The van der Waals surface area contributed by atoms with Crippen LogP contribution in [0.3, 0.4) is 0 Å². The molecule has 1 N–H and O–H groups in total. The van der Waals surface area contributed by atoms with E-state index in [2.05, 4.69) is 65.5 Å². The molecule has 4 aromatic rings. The van der Waals surface area contributed by atoms with Gasteiger partial charge < -0.3 is 4.98 Å². The minimum absolute atomic E-state index is 0.0168. The first-order valence-corrected chi connectivity index (χ1v) is 9.13. The summed E-state index contributed by atoms with van der Waals surface area (Å²) in [5.74, 6) is 0. The minimum atomic E-state index is -0.0168. The molecule has 1 aromatic heterocycles. The lowest BCUT2D eigenvalue weighted by molar-refractivity contribution is 0.318. The Morgan fingerprint density at radius 2 is 1.44 bits per heavy atom. The lowest BCUT2D eigenvalue weighted by Crippen LogP contribution is -2.23. The maximum absolute atomic E-state index is 12.4. The maximum atomic E-state index is 12.4. The van der Waals surface area contributed by atoms with Gasteiger partial charge in [-0.2, -0.15) is 0 Å². The van der Waals surface area contributed by atoms with E-state index in [0.29, 0.717) is 6.54 Å². The lowest BCUT2D eigenvalue weighted by Gasteiger charge is -2.19. The van der Waals surface area contributed by atoms with Crippen LogP contribution < -0.4 is 5.56 Å². The fourth-order valence-corrected chi connectivity index (χ4v) is 3.51. The summed E-state index contributed by atoms with van der Waals surface area (Å²) >= 11 is 0. The van der Waals surface area contributed by atoms with E-state index >= 15 is 0 Å². The van der Waals surface area contributed by atoms with Crippen LogP contribution in [0.1, 0.15) is 11.1 Å². The van der Waals surface area contributed by atoms with Crippen molar-refractivity contribution < 1.29 is 0 Å². The average Bonchev–Trinajstić information content (AvgIpc) is 2.69. The minimum Gasteiger partial charge on any atom is -0.322 e. The van der Waals surface area contributed by atoms with Gasteiger partial charge in [0.2, 0.25) is 0 Å². The second kappa shape index (κ2) is 7.60. The van der Waals surface area contributed by atoms with Crippen molar-refractivity contribution in [1.29, 1.82) is 0 Å². The van der Waals surface area contributed by atoms with Crippen molar-refractivity contribution in [2.75, 3.05) is 7.05 Å². The molecule has 0 amide bonds. The normalized spacial score (nSPS) is 11.2. The van der Waals surface area contributed by atoms with E-state index in [1.54, 1.807) is 0 Å². The summed E-state index contributed by atoms with van der Waals surface area (Å²) in [5.41, 5.74) is 5.35. The van der Waals surface area contributed by atoms with E-state index < -0.39 is 0 Å². The van der Waals surface area contributed by atoms with Crippen LogP contribution in [-0.4, -0.2) is 16.9 Å². The molecule has 0 aliphatic rings. The number of aromatic nitrogens is 1. The molecular formula is C24H22N2O. The number of nitrogens with one attached hydrogen (secondary N) is 1. The Morgan fingerprint density at radius 1 is 0.778 bits per heavy atom. The van der Waals surface area contributed by atoms with Crippen molar-refractivity contribution in [1.82, 2.24) is 9.88 Å². The van der Waals surface area contributed by atoms with Crippen LogP contribution in [0.15, 0.2) is 89.7 Å². The van der Waals surface area contributed by atoms with Gasteiger partial charge in [0.25, 0.3) is 5.56 Å². The number of benzene rings is 3. The van der Waals surface area contributed by atoms with Gasteiger partial charge in [-0.05, 0) is 41.3 Å². The molecule has 0 aliphatic heterocycles. The molecule has 1 heterocycles. The lowest BCUT2D eigenvalue weighted by atomic mass is 9.99. The van der Waals surface area contributed by atoms with Gasteiger partial charge in [-0.25, -0.2) is 0 Å². The highest BCUT2D eigenvalue weighted by Crippen LogP contribution is 2.24. The van der Waals surface area contributed by atoms with Gasteiger partial charge in [-0.1, -0.05) is 72.8 Å². The number of rotatable bonds is 5. The third-order valence-electron chi connectivity index (χ3n) is 4.81. The van der Waals surface area contributed by atoms with Crippen LogP contribution in [0.25, 0.3) is 22.0 Å². The van der Waals surface area contributed by atoms with E-state index in [1.807, 2.05) is 36.4 Å². The van der Waals surface area contributed by atoms with Gasteiger partial charge in [0.15, 0.2) is 0 Å². The zero-order valence-corrected chi connectivity index (χ0v) is 15.4. The number of para-hydroxylation sites is 1. The highest BCUT2D eigenvalue weighted by Gasteiger charge is 2.10. The first-order valence-electron chi connectivity index (χ1n) is 9.13. The van der Waals surface area contributed by atoms with Crippen molar-refractivity contribution >= 4 is 10.9 Å². The predicted octanol–water partition coefficient (Wildman–Crippen LogP) is 4.83. The SMILES string of the molecule is CN(Cc1ccccc1-c1ccccc1)Cc1cc2ccccc2[nH]c1=O. The first-order chi connectivity index (χ1) is 13.2. The fraction of sp³-hybridized carbons (Fsp3) is 0.125. The van der Waals surface area contributed by atoms with Gasteiger partial charge in [0.1, 0.15) is 0 Å². The number of hydrogen-bond donors (Lipinski definition) is 1. The van der Waals surface area contributed by atoms with E-state index in [-0.39, 0.29) is 5.56 Å². The molecule has 134 valence electrons. The molecule has 0 saturated heterocycles. The average molecular weight is 354 g/mol. The number of pyridine rings is 1. The van der Waals surface area contributed by atoms with Crippen molar-refractivity contribution in [2.45, 2.75) is 13.1 Å². The number of hydrogen-bond acceptors (Lipinski definition) is 2. The summed E-state index contributed by atoms with van der Waals surface area (Å²) in [5, 5.41) is 1.06. The fourth-order valence-electron chi connectivity index (χ4n) is 3.51. The third kappa shape index (κ3) is 3.83. The third-order valence-corrected chi connectivity index (χ3v) is 4.81.